The van der Waals surface area contributed by atoms with Crippen molar-refractivity contribution in [3.05, 3.63) is 0 Å². The molecule has 0 rings (SSSR count). The molecule has 0 aliphatic heterocycles. The van der Waals surface area contributed by atoms with Gasteiger partial charge in [-0.1, -0.05) is 15.9 Å². The molecule has 0 aromatic rings. The fourth-order valence-electron chi connectivity index (χ4n) is 0.987. The van der Waals surface area contributed by atoms with Gasteiger partial charge >= 0.3 is 12.2 Å². The number of ether oxygens (including phenoxy) is 2. The van der Waals surface area contributed by atoms with E-state index in [4.69, 9.17) is 9.47 Å². The molecular weight excluding hydrogens is 302 g/mol. The van der Waals surface area contributed by atoms with E-state index >= 15 is 0 Å². The molecule has 0 N–H and O–H groups in total. The molecule has 0 spiro atoms. The lowest BCUT2D eigenvalue weighted by Gasteiger charge is -2.29. The minimum atomic E-state index is -0.735. The highest BCUT2D eigenvalue weighted by Gasteiger charge is 2.33. The van der Waals surface area contributed by atoms with E-state index in [-0.39, 0.29) is 0 Å². The molecule has 106 valence electrons. The Balaban J connectivity index is 4.88. The number of hydrogen-bond acceptors (Lipinski definition) is 4. The van der Waals surface area contributed by atoms with Crippen LogP contribution in [0.4, 0.5) is 9.59 Å². The second-order valence-electron chi connectivity index (χ2n) is 5.90. The van der Waals surface area contributed by atoms with Crippen molar-refractivity contribution < 1.29 is 19.1 Å². The van der Waals surface area contributed by atoms with Crippen molar-refractivity contribution in [1.82, 2.24) is 4.90 Å². The normalized spacial score (nSPS) is 13.8. The molecule has 0 saturated carbocycles. The third-order valence-electron chi connectivity index (χ3n) is 1.54. The van der Waals surface area contributed by atoms with Crippen LogP contribution in [-0.2, 0) is 9.47 Å². The summed E-state index contributed by atoms with van der Waals surface area (Å²) in [5, 5.41) is 0. The van der Waals surface area contributed by atoms with Crippen LogP contribution in [0.5, 0.6) is 0 Å². The van der Waals surface area contributed by atoms with E-state index in [1.807, 2.05) is 0 Å². The smallest absolute Gasteiger partial charge is 0.420 e. The molecule has 0 bridgehead atoms. The summed E-state index contributed by atoms with van der Waals surface area (Å²) in [6.45, 7) is 12.0. The van der Waals surface area contributed by atoms with Crippen LogP contribution in [0.3, 0.4) is 0 Å². The Morgan fingerprint density at radius 2 is 1.22 bits per heavy atom. The van der Waals surface area contributed by atoms with Crippen LogP contribution >= 0.6 is 15.9 Å². The molecule has 2 amide bonds. The van der Waals surface area contributed by atoms with Gasteiger partial charge in [-0.3, -0.25) is 0 Å². The van der Waals surface area contributed by atoms with E-state index in [0.717, 1.165) is 4.90 Å². The molecule has 0 fully saturated rings. The molecule has 18 heavy (non-hydrogen) atoms. The predicted molar refractivity (Wildman–Crippen MR) is 72.7 cm³/mol. The first-order chi connectivity index (χ1) is 7.83. The second kappa shape index (κ2) is 5.91. The van der Waals surface area contributed by atoms with E-state index < -0.39 is 28.3 Å². The average Bonchev–Trinajstić information content (AvgIpc) is 1.93. The maximum absolute atomic E-state index is 11.9. The monoisotopic (exact) mass is 323 g/mol. The molecule has 5 nitrogen and oxygen atoms in total. The van der Waals surface area contributed by atoms with Gasteiger partial charge in [0.1, 0.15) is 11.2 Å². The predicted octanol–water partition coefficient (Wildman–Crippen LogP) is 3.90. The molecule has 0 heterocycles. The first-order valence-corrected chi connectivity index (χ1v) is 6.64. The molecule has 1 atom stereocenters. The molecule has 6 heteroatoms. The highest BCUT2D eigenvalue weighted by atomic mass is 79.9. The minimum Gasteiger partial charge on any atom is -0.443 e. The summed E-state index contributed by atoms with van der Waals surface area (Å²) in [4.78, 5) is 24.2. The third kappa shape index (κ3) is 6.83. The number of rotatable bonds is 1. The number of halogens is 1. The van der Waals surface area contributed by atoms with Gasteiger partial charge in [-0.2, -0.15) is 4.90 Å². The Morgan fingerprint density at radius 3 is 1.39 bits per heavy atom. The van der Waals surface area contributed by atoms with Crippen molar-refractivity contribution in [1.29, 1.82) is 0 Å². The third-order valence-corrected chi connectivity index (χ3v) is 1.95. The molecular formula is C12H22BrNO4. The van der Waals surface area contributed by atoms with Crippen molar-refractivity contribution in [3.8, 4) is 0 Å². The number of imide groups is 1. The second-order valence-corrected chi connectivity index (χ2v) is 7.23. The summed E-state index contributed by atoms with van der Waals surface area (Å²) >= 11 is 3.18. The topological polar surface area (TPSA) is 55.8 Å². The molecule has 0 aromatic carbocycles. The Morgan fingerprint density at radius 1 is 0.944 bits per heavy atom. The van der Waals surface area contributed by atoms with Crippen molar-refractivity contribution in [2.24, 2.45) is 0 Å². The van der Waals surface area contributed by atoms with Crippen molar-refractivity contribution in [2.75, 3.05) is 0 Å². The minimum absolute atomic E-state index is 0.512. The van der Waals surface area contributed by atoms with Crippen LogP contribution in [0.1, 0.15) is 48.5 Å². The van der Waals surface area contributed by atoms with Crippen LogP contribution in [0.15, 0.2) is 0 Å². The first-order valence-electron chi connectivity index (χ1n) is 5.73. The molecule has 0 radical (unpaired) electrons. The first kappa shape index (κ1) is 17.2. The van der Waals surface area contributed by atoms with Gasteiger partial charge < -0.3 is 9.47 Å². The molecule has 1 unspecified atom stereocenters. The van der Waals surface area contributed by atoms with Crippen molar-refractivity contribution in [2.45, 2.75) is 64.6 Å². The summed E-state index contributed by atoms with van der Waals surface area (Å²) < 4.78 is 10.3. The van der Waals surface area contributed by atoms with Crippen LogP contribution in [0, 0.1) is 0 Å². The number of amides is 2. The van der Waals surface area contributed by atoms with Gasteiger partial charge in [0.15, 0.2) is 0 Å². The maximum Gasteiger partial charge on any atom is 0.420 e. The summed E-state index contributed by atoms with van der Waals surface area (Å²) in [6.07, 6.45) is -1.47. The van der Waals surface area contributed by atoms with E-state index in [2.05, 4.69) is 15.9 Å². The zero-order chi connectivity index (χ0) is 14.7. The average molecular weight is 324 g/mol. The zero-order valence-electron chi connectivity index (χ0n) is 12.0. The van der Waals surface area contributed by atoms with Crippen LogP contribution in [0.25, 0.3) is 0 Å². The van der Waals surface area contributed by atoms with Crippen LogP contribution in [-0.4, -0.2) is 33.2 Å². The van der Waals surface area contributed by atoms with Gasteiger partial charge in [-0.25, -0.2) is 9.59 Å². The lowest BCUT2D eigenvalue weighted by molar-refractivity contribution is 0.000745. The summed E-state index contributed by atoms with van der Waals surface area (Å²) in [7, 11) is 0. The van der Waals surface area contributed by atoms with E-state index in [1.54, 1.807) is 48.5 Å². The SMILES string of the molecule is CC(Br)N(C(=O)OC(C)(C)C)C(=O)OC(C)(C)C. The van der Waals surface area contributed by atoms with Gasteiger partial charge in [-0.15, -0.1) is 0 Å². The zero-order valence-corrected chi connectivity index (χ0v) is 13.6. The van der Waals surface area contributed by atoms with E-state index in [1.165, 1.54) is 0 Å². The summed E-state index contributed by atoms with van der Waals surface area (Å²) in [5.41, 5.74) is -1.33. The number of nitrogens with zero attached hydrogens (tertiary/aromatic N) is 1. The highest BCUT2D eigenvalue weighted by molar-refractivity contribution is 9.09. The lowest BCUT2D eigenvalue weighted by Crippen LogP contribution is -2.46. The maximum atomic E-state index is 11.9. The van der Waals surface area contributed by atoms with Gasteiger partial charge in [0.05, 0.1) is 4.95 Å². The number of hydrogen-bond donors (Lipinski definition) is 0. The van der Waals surface area contributed by atoms with Crippen molar-refractivity contribution >= 4 is 28.1 Å². The quantitative estimate of drug-likeness (QED) is 0.542. The van der Waals surface area contributed by atoms with Crippen LogP contribution in [0.2, 0.25) is 0 Å². The highest BCUT2D eigenvalue weighted by Crippen LogP contribution is 2.18. The Labute approximate surface area is 117 Å². The Kier molecular flexibility index (Phi) is 5.65. The Hall–Kier alpha value is -0.780. The Bertz CT molecular complexity index is 287. The molecule has 0 saturated heterocycles. The molecule has 0 aromatic heterocycles. The van der Waals surface area contributed by atoms with Gasteiger partial charge in [0, 0.05) is 0 Å². The fourth-order valence-corrected chi connectivity index (χ4v) is 1.32. The van der Waals surface area contributed by atoms with Gasteiger partial charge in [-0.05, 0) is 48.5 Å². The summed E-state index contributed by atoms with van der Waals surface area (Å²) in [5.74, 6) is 0. The molecule has 0 aliphatic rings. The standard InChI is InChI=1S/C12H22BrNO4/c1-8(13)14(9(15)17-11(2,3)4)10(16)18-12(5,6)7/h8H,1-7H3. The molecule has 0 aliphatic carbocycles. The van der Waals surface area contributed by atoms with E-state index in [9.17, 15) is 9.59 Å². The largest absolute Gasteiger partial charge is 0.443 e. The number of carbonyl (C=O) groups excluding carboxylic acids is 2. The van der Waals surface area contributed by atoms with Crippen LogP contribution < -0.4 is 0 Å². The number of carbonyl (C=O) groups is 2. The fraction of sp³-hybridized carbons (Fsp3) is 0.833. The van der Waals surface area contributed by atoms with Crippen molar-refractivity contribution in [3.63, 3.8) is 0 Å². The number of alkyl halides is 1. The summed E-state index contributed by atoms with van der Waals surface area (Å²) in [6, 6.07) is 0. The van der Waals surface area contributed by atoms with Gasteiger partial charge in [0.2, 0.25) is 0 Å². The van der Waals surface area contributed by atoms with E-state index in [0.29, 0.717) is 0 Å². The lowest BCUT2D eigenvalue weighted by atomic mass is 10.2. The van der Waals surface area contributed by atoms with Gasteiger partial charge in [0.25, 0.3) is 0 Å².